The van der Waals surface area contributed by atoms with Crippen LogP contribution in [-0.2, 0) is 0 Å². The number of benzene rings is 1. The Balaban J connectivity index is 2.29. The Hall–Kier alpha value is -0.250. The normalized spacial score (nSPS) is 23.4. The summed E-state index contributed by atoms with van der Waals surface area (Å²) in [6.45, 7) is 2.94. The van der Waals surface area contributed by atoms with E-state index in [2.05, 4.69) is 22.9 Å². The van der Waals surface area contributed by atoms with E-state index in [1.165, 1.54) is 0 Å². The van der Waals surface area contributed by atoms with Gasteiger partial charge in [-0.25, -0.2) is 0 Å². The maximum absolute atomic E-state index is 12.5. The van der Waals surface area contributed by atoms with Gasteiger partial charge in [-0.05, 0) is 24.5 Å². The molecule has 1 aromatic carbocycles. The molecule has 0 aliphatic carbocycles. The molecule has 0 spiro atoms. The van der Waals surface area contributed by atoms with Gasteiger partial charge in [-0.1, -0.05) is 52.1 Å². The molecule has 0 radical (unpaired) electrons. The number of carbonyl (C=O) groups is 1. The Morgan fingerprint density at radius 2 is 2.22 bits per heavy atom. The molecule has 0 aromatic heterocycles. The molecule has 1 heterocycles. The van der Waals surface area contributed by atoms with E-state index >= 15 is 0 Å². The largest absolute Gasteiger partial charge is 0.334 e. The van der Waals surface area contributed by atoms with Crippen LogP contribution >= 0.6 is 39.1 Å². The highest BCUT2D eigenvalue weighted by Gasteiger charge is 2.34. The molecule has 18 heavy (non-hydrogen) atoms. The highest BCUT2D eigenvalue weighted by molar-refractivity contribution is 9.09. The zero-order chi connectivity index (χ0) is 13.3. The Labute approximate surface area is 125 Å². The van der Waals surface area contributed by atoms with E-state index in [9.17, 15) is 4.79 Å². The van der Waals surface area contributed by atoms with Crippen LogP contribution in [0.2, 0.25) is 10.0 Å². The quantitative estimate of drug-likeness (QED) is 0.730. The molecule has 1 aliphatic heterocycles. The van der Waals surface area contributed by atoms with Gasteiger partial charge in [0.05, 0.1) is 15.6 Å². The van der Waals surface area contributed by atoms with Gasteiger partial charge in [0.1, 0.15) is 0 Å². The van der Waals surface area contributed by atoms with Gasteiger partial charge in [-0.15, -0.1) is 0 Å². The highest BCUT2D eigenvalue weighted by atomic mass is 79.9. The summed E-state index contributed by atoms with van der Waals surface area (Å²) in [4.78, 5) is 14.4. The number of carbonyl (C=O) groups excluding carboxylic acids is 1. The van der Waals surface area contributed by atoms with Gasteiger partial charge in [-0.3, -0.25) is 4.79 Å². The summed E-state index contributed by atoms with van der Waals surface area (Å²) in [7, 11) is 0. The number of rotatable bonds is 2. The first-order valence-electron chi connectivity index (χ1n) is 5.87. The van der Waals surface area contributed by atoms with Crippen molar-refractivity contribution < 1.29 is 4.79 Å². The summed E-state index contributed by atoms with van der Waals surface area (Å²) < 4.78 is 0. The van der Waals surface area contributed by atoms with E-state index < -0.39 is 0 Å². The molecule has 98 valence electrons. The van der Waals surface area contributed by atoms with Crippen LogP contribution in [0.25, 0.3) is 0 Å². The molecule has 1 saturated heterocycles. The first-order valence-corrected chi connectivity index (χ1v) is 7.75. The molecular formula is C13H14BrCl2NO. The van der Waals surface area contributed by atoms with Crippen molar-refractivity contribution in [3.63, 3.8) is 0 Å². The predicted molar refractivity (Wildman–Crippen MR) is 78.9 cm³/mol. The van der Waals surface area contributed by atoms with Gasteiger partial charge in [0.2, 0.25) is 0 Å². The Bertz CT molecular complexity index is 466. The van der Waals surface area contributed by atoms with Crippen molar-refractivity contribution in [3.05, 3.63) is 33.8 Å². The fourth-order valence-corrected chi connectivity index (χ4v) is 3.69. The lowest BCUT2D eigenvalue weighted by atomic mass is 10.0. The molecule has 0 N–H and O–H groups in total. The molecule has 2 rings (SSSR count). The van der Waals surface area contributed by atoms with E-state index in [1.807, 2.05) is 4.90 Å². The number of likely N-dealkylation sites (tertiary alicyclic amines) is 1. The monoisotopic (exact) mass is 349 g/mol. The van der Waals surface area contributed by atoms with E-state index in [-0.39, 0.29) is 11.9 Å². The molecule has 2 nitrogen and oxygen atoms in total. The van der Waals surface area contributed by atoms with E-state index in [4.69, 9.17) is 23.2 Å². The molecule has 1 fully saturated rings. The second-order valence-electron chi connectivity index (χ2n) is 4.59. The average molecular weight is 351 g/mol. The van der Waals surface area contributed by atoms with E-state index in [0.717, 1.165) is 18.3 Å². The van der Waals surface area contributed by atoms with Gasteiger partial charge in [-0.2, -0.15) is 0 Å². The second kappa shape index (κ2) is 5.81. The van der Waals surface area contributed by atoms with Crippen LogP contribution < -0.4 is 0 Å². The second-order valence-corrected chi connectivity index (χ2v) is 6.02. The average Bonchev–Trinajstić information content (AvgIpc) is 2.73. The SMILES string of the molecule is CC1CCN(C(=O)c2cccc(Cl)c2Cl)C1CBr. The zero-order valence-corrected chi connectivity index (χ0v) is 13.1. The van der Waals surface area contributed by atoms with Gasteiger partial charge in [0, 0.05) is 17.9 Å². The molecule has 2 unspecified atom stereocenters. The van der Waals surface area contributed by atoms with Crippen LogP contribution in [-0.4, -0.2) is 28.7 Å². The maximum Gasteiger partial charge on any atom is 0.255 e. The molecule has 1 amide bonds. The molecule has 1 aromatic rings. The smallest absolute Gasteiger partial charge is 0.255 e. The van der Waals surface area contributed by atoms with Crippen molar-refractivity contribution in [1.82, 2.24) is 4.90 Å². The third kappa shape index (κ3) is 2.54. The number of amides is 1. The number of nitrogens with zero attached hydrogens (tertiary/aromatic N) is 1. The van der Waals surface area contributed by atoms with Crippen molar-refractivity contribution in [3.8, 4) is 0 Å². The van der Waals surface area contributed by atoms with Crippen molar-refractivity contribution in [2.24, 2.45) is 5.92 Å². The Morgan fingerprint density at radius 3 is 2.89 bits per heavy atom. The number of hydrogen-bond donors (Lipinski definition) is 0. The molecule has 0 bridgehead atoms. The van der Waals surface area contributed by atoms with Crippen LogP contribution in [0, 0.1) is 5.92 Å². The Morgan fingerprint density at radius 1 is 1.50 bits per heavy atom. The number of alkyl halides is 1. The fraction of sp³-hybridized carbons (Fsp3) is 0.462. The predicted octanol–water partition coefficient (Wildman–Crippen LogP) is 4.24. The third-order valence-electron chi connectivity index (χ3n) is 3.48. The lowest BCUT2D eigenvalue weighted by Gasteiger charge is -2.25. The first kappa shape index (κ1) is 14.2. The highest BCUT2D eigenvalue weighted by Crippen LogP contribution is 2.31. The number of hydrogen-bond acceptors (Lipinski definition) is 1. The minimum Gasteiger partial charge on any atom is -0.334 e. The summed E-state index contributed by atoms with van der Waals surface area (Å²) in [6.07, 6.45) is 1.03. The van der Waals surface area contributed by atoms with Gasteiger partial charge < -0.3 is 4.90 Å². The Kier molecular flexibility index (Phi) is 4.57. The topological polar surface area (TPSA) is 20.3 Å². The van der Waals surface area contributed by atoms with Crippen LogP contribution in [0.3, 0.4) is 0 Å². The fourth-order valence-electron chi connectivity index (χ4n) is 2.32. The van der Waals surface area contributed by atoms with Crippen molar-refractivity contribution in [2.45, 2.75) is 19.4 Å². The van der Waals surface area contributed by atoms with Crippen LogP contribution in [0.1, 0.15) is 23.7 Å². The first-order chi connectivity index (χ1) is 8.56. The van der Waals surface area contributed by atoms with Crippen LogP contribution in [0.4, 0.5) is 0 Å². The summed E-state index contributed by atoms with van der Waals surface area (Å²) in [6, 6.07) is 5.40. The molecule has 1 aliphatic rings. The standard InChI is InChI=1S/C13H14BrCl2NO/c1-8-5-6-17(11(8)7-14)13(18)9-3-2-4-10(15)12(9)16/h2-4,8,11H,5-7H2,1H3. The van der Waals surface area contributed by atoms with Crippen molar-refractivity contribution in [2.75, 3.05) is 11.9 Å². The molecule has 0 saturated carbocycles. The molecule has 5 heteroatoms. The summed E-state index contributed by atoms with van der Waals surface area (Å²) in [5, 5.41) is 1.56. The molecule has 2 atom stereocenters. The number of halogens is 3. The van der Waals surface area contributed by atoms with Crippen LogP contribution in [0.15, 0.2) is 18.2 Å². The van der Waals surface area contributed by atoms with Crippen molar-refractivity contribution in [1.29, 1.82) is 0 Å². The summed E-state index contributed by atoms with van der Waals surface area (Å²) >= 11 is 15.5. The van der Waals surface area contributed by atoms with E-state index in [1.54, 1.807) is 18.2 Å². The zero-order valence-electron chi connectivity index (χ0n) is 10.00. The van der Waals surface area contributed by atoms with Crippen LogP contribution in [0.5, 0.6) is 0 Å². The van der Waals surface area contributed by atoms with Gasteiger partial charge in [0.15, 0.2) is 0 Å². The minimum absolute atomic E-state index is 0.0312. The lowest BCUT2D eigenvalue weighted by Crippen LogP contribution is -2.38. The van der Waals surface area contributed by atoms with Crippen molar-refractivity contribution >= 4 is 45.0 Å². The lowest BCUT2D eigenvalue weighted by molar-refractivity contribution is 0.0739. The van der Waals surface area contributed by atoms with E-state index in [0.29, 0.717) is 21.5 Å². The summed E-state index contributed by atoms with van der Waals surface area (Å²) in [5.74, 6) is 0.475. The van der Waals surface area contributed by atoms with Gasteiger partial charge in [0.25, 0.3) is 5.91 Å². The minimum atomic E-state index is -0.0312. The van der Waals surface area contributed by atoms with Gasteiger partial charge >= 0.3 is 0 Å². The maximum atomic E-state index is 12.5. The summed E-state index contributed by atoms with van der Waals surface area (Å²) in [5.41, 5.74) is 0.490. The molecular weight excluding hydrogens is 337 g/mol. The third-order valence-corrected chi connectivity index (χ3v) is 4.97.